The Labute approximate surface area is 189 Å². The molecule has 2 aromatic carbocycles. The van der Waals surface area contributed by atoms with Crippen LogP contribution in [0, 0.1) is 6.92 Å². The molecule has 3 aromatic rings. The first-order valence-corrected chi connectivity index (χ1v) is 12.5. The maximum atomic E-state index is 13.6. The molecule has 0 saturated heterocycles. The van der Waals surface area contributed by atoms with Crippen LogP contribution in [0.2, 0.25) is 0 Å². The van der Waals surface area contributed by atoms with Crippen molar-refractivity contribution in [1.82, 2.24) is 14.1 Å². The van der Waals surface area contributed by atoms with Gasteiger partial charge >= 0.3 is 0 Å². The van der Waals surface area contributed by atoms with Crippen LogP contribution >= 0.6 is 0 Å². The van der Waals surface area contributed by atoms with Gasteiger partial charge in [-0.3, -0.25) is 4.79 Å². The lowest BCUT2D eigenvalue weighted by atomic mass is 9.89. The molecule has 1 heterocycles. The Kier molecular flexibility index (Phi) is 6.31. The van der Waals surface area contributed by atoms with E-state index in [4.69, 9.17) is 0 Å². The Balaban J connectivity index is 1.80. The minimum Gasteiger partial charge on any atom is -0.268 e. The van der Waals surface area contributed by atoms with Gasteiger partial charge in [0.05, 0.1) is 10.6 Å². The van der Waals surface area contributed by atoms with Crippen molar-refractivity contribution in [2.24, 2.45) is 7.05 Å². The quantitative estimate of drug-likeness (QED) is 0.571. The van der Waals surface area contributed by atoms with E-state index in [-0.39, 0.29) is 10.5 Å². The first-order valence-electron chi connectivity index (χ1n) is 11.1. The van der Waals surface area contributed by atoms with E-state index in [1.165, 1.54) is 8.99 Å². The van der Waals surface area contributed by atoms with Crippen molar-refractivity contribution in [3.8, 4) is 11.3 Å². The van der Waals surface area contributed by atoms with Crippen molar-refractivity contribution in [3.05, 3.63) is 81.1 Å². The van der Waals surface area contributed by atoms with Crippen molar-refractivity contribution in [1.29, 1.82) is 0 Å². The average molecular weight is 452 g/mol. The zero-order valence-corrected chi connectivity index (χ0v) is 19.7. The maximum Gasteiger partial charge on any atom is 0.269 e. The van der Waals surface area contributed by atoms with Crippen LogP contribution in [-0.2, 0) is 36.5 Å². The molecule has 0 N–H and O–H groups in total. The van der Waals surface area contributed by atoms with Gasteiger partial charge in [0.15, 0.2) is 0 Å². The number of rotatable bonds is 6. The molecule has 168 valence electrons. The van der Waals surface area contributed by atoms with Crippen LogP contribution in [0.15, 0.2) is 58.2 Å². The van der Waals surface area contributed by atoms with Crippen molar-refractivity contribution < 1.29 is 8.42 Å². The van der Waals surface area contributed by atoms with Crippen LogP contribution in [0.5, 0.6) is 0 Å². The van der Waals surface area contributed by atoms with Gasteiger partial charge < -0.3 is 0 Å². The second-order valence-corrected chi connectivity index (χ2v) is 10.2. The second kappa shape index (κ2) is 9.00. The summed E-state index contributed by atoms with van der Waals surface area (Å²) >= 11 is 0. The number of nitrogens with zero attached hydrogens (tertiary/aromatic N) is 3. The number of hydrogen-bond acceptors (Lipinski definition) is 4. The van der Waals surface area contributed by atoms with Gasteiger partial charge in [-0.2, -0.15) is 9.40 Å². The maximum absolute atomic E-state index is 13.6. The fraction of sp³-hybridized carbons (Fsp3) is 0.360. The molecular weight excluding hydrogens is 422 g/mol. The molecular formula is C25H29N3O3S. The van der Waals surface area contributed by atoms with Gasteiger partial charge in [0, 0.05) is 31.3 Å². The molecule has 0 unspecified atom stereocenters. The Morgan fingerprint density at radius 1 is 1.03 bits per heavy atom. The number of aromatic nitrogens is 2. The third-order valence-corrected chi connectivity index (χ3v) is 8.25. The molecule has 0 fully saturated rings. The fourth-order valence-corrected chi connectivity index (χ4v) is 6.09. The Hall–Kier alpha value is -2.77. The third kappa shape index (κ3) is 4.14. The highest BCUT2D eigenvalue weighted by molar-refractivity contribution is 7.89. The monoisotopic (exact) mass is 451 g/mol. The van der Waals surface area contributed by atoms with Gasteiger partial charge in [0.2, 0.25) is 10.0 Å². The highest BCUT2D eigenvalue weighted by Gasteiger charge is 2.27. The summed E-state index contributed by atoms with van der Waals surface area (Å²) in [5.74, 6) is 0. The first kappa shape index (κ1) is 22.4. The standard InChI is InChI=1S/C25H29N3O3S/c1-4-28(17-19-10-6-5-7-11-19)32(30,31)23-16-20(15-14-18(23)2)24-21-12-8-9-13-22(21)25(29)27(3)26-24/h5-7,10-11,14-16H,4,8-9,12-13,17H2,1-3H3. The summed E-state index contributed by atoms with van der Waals surface area (Å²) in [5.41, 5.74) is 4.81. The van der Waals surface area contributed by atoms with Crippen LogP contribution in [0.4, 0.5) is 0 Å². The molecule has 4 rings (SSSR count). The highest BCUT2D eigenvalue weighted by atomic mass is 32.2. The zero-order chi connectivity index (χ0) is 22.9. The Morgan fingerprint density at radius 2 is 1.72 bits per heavy atom. The normalized spacial score (nSPS) is 13.9. The van der Waals surface area contributed by atoms with Gasteiger partial charge in [-0.05, 0) is 55.4 Å². The lowest BCUT2D eigenvalue weighted by molar-refractivity contribution is 0.423. The number of hydrogen-bond donors (Lipinski definition) is 0. The minimum atomic E-state index is -3.71. The summed E-state index contributed by atoms with van der Waals surface area (Å²) in [5, 5.41) is 4.54. The van der Waals surface area contributed by atoms with Crippen LogP contribution in [0.1, 0.15) is 42.0 Å². The van der Waals surface area contributed by atoms with E-state index in [9.17, 15) is 13.2 Å². The second-order valence-electron chi connectivity index (χ2n) is 8.34. The van der Waals surface area contributed by atoms with Gasteiger partial charge in [-0.1, -0.05) is 49.4 Å². The molecule has 6 nitrogen and oxygen atoms in total. The number of benzene rings is 2. The fourth-order valence-electron chi connectivity index (χ4n) is 4.40. The topological polar surface area (TPSA) is 72.3 Å². The highest BCUT2D eigenvalue weighted by Crippen LogP contribution is 2.31. The Morgan fingerprint density at radius 3 is 2.41 bits per heavy atom. The lowest BCUT2D eigenvalue weighted by Gasteiger charge is -2.23. The van der Waals surface area contributed by atoms with E-state index in [1.807, 2.05) is 56.3 Å². The molecule has 0 spiro atoms. The third-order valence-electron chi connectivity index (χ3n) is 6.19. The van der Waals surface area contributed by atoms with Crippen LogP contribution in [0.25, 0.3) is 11.3 Å². The predicted molar refractivity (Wildman–Crippen MR) is 126 cm³/mol. The molecule has 0 atom stereocenters. The van der Waals surface area contributed by atoms with E-state index in [2.05, 4.69) is 5.10 Å². The van der Waals surface area contributed by atoms with E-state index in [0.29, 0.717) is 24.3 Å². The minimum absolute atomic E-state index is 0.0524. The molecule has 1 aliphatic carbocycles. The smallest absolute Gasteiger partial charge is 0.268 e. The van der Waals surface area contributed by atoms with E-state index in [0.717, 1.165) is 47.9 Å². The lowest BCUT2D eigenvalue weighted by Crippen LogP contribution is -2.31. The molecule has 0 bridgehead atoms. The van der Waals surface area contributed by atoms with Crippen molar-refractivity contribution in [2.45, 2.75) is 51.0 Å². The summed E-state index contributed by atoms with van der Waals surface area (Å²) in [6.07, 6.45) is 3.53. The van der Waals surface area contributed by atoms with Gasteiger partial charge in [-0.15, -0.1) is 0 Å². The predicted octanol–water partition coefficient (Wildman–Crippen LogP) is 3.85. The van der Waals surface area contributed by atoms with Crippen LogP contribution in [0.3, 0.4) is 0 Å². The van der Waals surface area contributed by atoms with E-state index >= 15 is 0 Å². The molecule has 0 aliphatic heterocycles. The molecule has 0 saturated carbocycles. The molecule has 1 aromatic heterocycles. The number of fused-ring (bicyclic) bond motifs is 1. The van der Waals surface area contributed by atoms with E-state index < -0.39 is 10.0 Å². The number of aryl methyl sites for hydroxylation is 2. The summed E-state index contributed by atoms with van der Waals surface area (Å²) < 4.78 is 30.1. The molecule has 1 aliphatic rings. The van der Waals surface area contributed by atoms with Crippen molar-refractivity contribution >= 4 is 10.0 Å². The molecule has 7 heteroatoms. The van der Waals surface area contributed by atoms with Gasteiger partial charge in [-0.25, -0.2) is 13.1 Å². The molecule has 0 radical (unpaired) electrons. The number of sulfonamides is 1. The zero-order valence-electron chi connectivity index (χ0n) is 18.8. The molecule has 0 amide bonds. The van der Waals surface area contributed by atoms with Crippen molar-refractivity contribution in [2.75, 3.05) is 6.54 Å². The summed E-state index contributed by atoms with van der Waals surface area (Å²) in [6.45, 7) is 4.35. The average Bonchev–Trinajstić information content (AvgIpc) is 2.80. The summed E-state index contributed by atoms with van der Waals surface area (Å²) in [6, 6.07) is 15.1. The van der Waals surface area contributed by atoms with Crippen molar-refractivity contribution in [3.63, 3.8) is 0 Å². The van der Waals surface area contributed by atoms with E-state index in [1.54, 1.807) is 13.1 Å². The van der Waals surface area contributed by atoms with Gasteiger partial charge in [0.25, 0.3) is 5.56 Å². The largest absolute Gasteiger partial charge is 0.269 e. The van der Waals surface area contributed by atoms with Crippen LogP contribution < -0.4 is 5.56 Å². The van der Waals surface area contributed by atoms with Crippen LogP contribution in [-0.4, -0.2) is 29.0 Å². The molecule has 32 heavy (non-hydrogen) atoms. The Bertz CT molecular complexity index is 1300. The summed E-state index contributed by atoms with van der Waals surface area (Å²) in [7, 11) is -2.06. The summed E-state index contributed by atoms with van der Waals surface area (Å²) in [4.78, 5) is 12.9. The first-order chi connectivity index (χ1) is 15.3. The van der Waals surface area contributed by atoms with Gasteiger partial charge in [0.1, 0.15) is 0 Å². The SMILES string of the molecule is CCN(Cc1ccccc1)S(=O)(=O)c1cc(-c2nn(C)c(=O)c3c2CCCC3)ccc1C.